The van der Waals surface area contributed by atoms with Crippen LogP contribution in [0.2, 0.25) is 0 Å². The van der Waals surface area contributed by atoms with Crippen molar-refractivity contribution in [3.63, 3.8) is 0 Å². The van der Waals surface area contributed by atoms with Gasteiger partial charge in [-0.15, -0.1) is 0 Å². The van der Waals surface area contributed by atoms with Crippen LogP contribution < -0.4 is 10.1 Å². The van der Waals surface area contributed by atoms with Crippen LogP contribution >= 0.6 is 0 Å². The van der Waals surface area contributed by atoms with Gasteiger partial charge in [0.2, 0.25) is 5.91 Å². The van der Waals surface area contributed by atoms with Crippen LogP contribution in [0.15, 0.2) is 78.9 Å². The third kappa shape index (κ3) is 6.04. The lowest BCUT2D eigenvalue weighted by Crippen LogP contribution is -2.30. The van der Waals surface area contributed by atoms with Gasteiger partial charge in [-0.05, 0) is 47.4 Å². The second-order valence-corrected chi connectivity index (χ2v) is 6.86. The quantitative estimate of drug-likeness (QED) is 0.565. The number of imide groups is 1. The third-order valence-corrected chi connectivity index (χ3v) is 4.57. The molecule has 0 aliphatic carbocycles. The van der Waals surface area contributed by atoms with E-state index in [9.17, 15) is 9.59 Å². The van der Waals surface area contributed by atoms with Crippen LogP contribution in [0.25, 0.3) is 11.1 Å². The minimum atomic E-state index is -0.363. The number of amides is 2. The summed E-state index contributed by atoms with van der Waals surface area (Å²) in [7, 11) is 0. The Labute approximate surface area is 171 Å². The van der Waals surface area contributed by atoms with Crippen molar-refractivity contribution in [3.8, 4) is 16.9 Å². The van der Waals surface area contributed by atoms with Gasteiger partial charge in [-0.1, -0.05) is 67.9 Å². The van der Waals surface area contributed by atoms with E-state index in [-0.39, 0.29) is 11.8 Å². The third-order valence-electron chi connectivity index (χ3n) is 4.57. The number of benzene rings is 3. The Hall–Kier alpha value is -3.40. The molecule has 0 unspecified atom stereocenters. The monoisotopic (exact) mass is 387 g/mol. The fourth-order valence-corrected chi connectivity index (χ4v) is 2.92. The Morgan fingerprint density at radius 3 is 2.34 bits per heavy atom. The molecule has 1 N–H and O–H groups in total. The molecular formula is C25H25NO3. The SMILES string of the molecule is CCCCC(=O)NC(=O)c1ccc(-c2cccc(OCc3ccccc3)c2)cc1. The minimum absolute atomic E-state index is 0.232. The lowest BCUT2D eigenvalue weighted by molar-refractivity contribution is -0.120. The normalized spacial score (nSPS) is 10.4. The molecule has 0 saturated heterocycles. The minimum Gasteiger partial charge on any atom is -0.489 e. The summed E-state index contributed by atoms with van der Waals surface area (Å²) in [4.78, 5) is 23.9. The highest BCUT2D eigenvalue weighted by Gasteiger charge is 2.10. The summed E-state index contributed by atoms with van der Waals surface area (Å²) < 4.78 is 5.89. The fraction of sp³-hybridized carbons (Fsp3) is 0.200. The molecule has 2 amide bonds. The standard InChI is InChI=1S/C25H25NO3/c1-2-3-12-24(27)26-25(28)21-15-13-20(14-16-21)22-10-7-11-23(17-22)29-18-19-8-5-4-6-9-19/h4-11,13-17H,2-3,12,18H2,1H3,(H,26,27,28). The van der Waals surface area contributed by atoms with Gasteiger partial charge >= 0.3 is 0 Å². The van der Waals surface area contributed by atoms with Crippen LogP contribution in [0.4, 0.5) is 0 Å². The van der Waals surface area contributed by atoms with E-state index in [0.29, 0.717) is 18.6 Å². The predicted octanol–water partition coefficient (Wildman–Crippen LogP) is 5.38. The van der Waals surface area contributed by atoms with Crippen molar-refractivity contribution in [1.29, 1.82) is 0 Å². The number of carbonyl (C=O) groups excluding carboxylic acids is 2. The number of nitrogens with one attached hydrogen (secondary N) is 1. The molecule has 0 radical (unpaired) electrons. The van der Waals surface area contributed by atoms with Crippen molar-refractivity contribution in [3.05, 3.63) is 90.0 Å². The zero-order chi connectivity index (χ0) is 20.5. The topological polar surface area (TPSA) is 55.4 Å². The van der Waals surface area contributed by atoms with Gasteiger partial charge in [-0.2, -0.15) is 0 Å². The summed E-state index contributed by atoms with van der Waals surface area (Å²) in [6, 6.07) is 25.1. The lowest BCUT2D eigenvalue weighted by Gasteiger charge is -2.09. The van der Waals surface area contributed by atoms with E-state index in [0.717, 1.165) is 35.3 Å². The summed E-state index contributed by atoms with van der Waals surface area (Å²) in [5.74, 6) is 0.191. The molecule has 0 fully saturated rings. The highest BCUT2D eigenvalue weighted by molar-refractivity contribution is 6.04. The van der Waals surface area contributed by atoms with Gasteiger partial charge in [0.05, 0.1) is 0 Å². The van der Waals surface area contributed by atoms with Crippen molar-refractivity contribution >= 4 is 11.8 Å². The van der Waals surface area contributed by atoms with Crippen molar-refractivity contribution < 1.29 is 14.3 Å². The molecule has 148 valence electrons. The van der Waals surface area contributed by atoms with Crippen molar-refractivity contribution in [2.24, 2.45) is 0 Å². The van der Waals surface area contributed by atoms with Crippen molar-refractivity contribution in [1.82, 2.24) is 5.32 Å². The van der Waals surface area contributed by atoms with E-state index >= 15 is 0 Å². The fourth-order valence-electron chi connectivity index (χ4n) is 2.92. The highest BCUT2D eigenvalue weighted by atomic mass is 16.5. The molecule has 3 aromatic rings. The number of hydrogen-bond acceptors (Lipinski definition) is 3. The largest absolute Gasteiger partial charge is 0.489 e. The maximum atomic E-state index is 12.2. The average Bonchev–Trinajstić information content (AvgIpc) is 2.77. The van der Waals surface area contributed by atoms with Gasteiger partial charge in [0.25, 0.3) is 5.91 Å². The number of carbonyl (C=O) groups is 2. The second-order valence-electron chi connectivity index (χ2n) is 6.86. The van der Waals surface area contributed by atoms with E-state index in [4.69, 9.17) is 4.74 Å². The van der Waals surface area contributed by atoms with Crippen LogP contribution in [-0.4, -0.2) is 11.8 Å². The number of unbranched alkanes of at least 4 members (excludes halogenated alkanes) is 1. The van der Waals surface area contributed by atoms with Crippen LogP contribution in [-0.2, 0) is 11.4 Å². The zero-order valence-electron chi connectivity index (χ0n) is 16.6. The number of hydrogen-bond donors (Lipinski definition) is 1. The molecule has 0 aliphatic heterocycles. The van der Waals surface area contributed by atoms with Crippen LogP contribution in [0, 0.1) is 0 Å². The molecule has 29 heavy (non-hydrogen) atoms. The van der Waals surface area contributed by atoms with E-state index in [2.05, 4.69) is 5.32 Å². The second kappa shape index (κ2) is 10.2. The van der Waals surface area contributed by atoms with Gasteiger partial charge in [0.15, 0.2) is 0 Å². The predicted molar refractivity (Wildman–Crippen MR) is 115 cm³/mol. The molecular weight excluding hydrogens is 362 g/mol. The Balaban J connectivity index is 1.63. The maximum absolute atomic E-state index is 12.2. The molecule has 3 aromatic carbocycles. The van der Waals surface area contributed by atoms with Gasteiger partial charge in [-0.25, -0.2) is 0 Å². The first-order chi connectivity index (χ1) is 14.2. The van der Waals surface area contributed by atoms with Gasteiger partial charge in [-0.3, -0.25) is 14.9 Å². The molecule has 3 rings (SSSR count). The molecule has 0 saturated carbocycles. The molecule has 0 aromatic heterocycles. The Morgan fingerprint density at radius 2 is 1.62 bits per heavy atom. The van der Waals surface area contributed by atoms with Crippen LogP contribution in [0.1, 0.15) is 42.1 Å². The Bertz CT molecular complexity index is 949. The Kier molecular flexibility index (Phi) is 7.17. The molecule has 0 spiro atoms. The van der Waals surface area contributed by atoms with E-state index in [1.807, 2.05) is 73.7 Å². The molecule has 0 aliphatic rings. The van der Waals surface area contributed by atoms with E-state index in [1.165, 1.54) is 0 Å². The molecule has 4 heteroatoms. The first-order valence-corrected chi connectivity index (χ1v) is 9.87. The van der Waals surface area contributed by atoms with Gasteiger partial charge in [0.1, 0.15) is 12.4 Å². The number of rotatable bonds is 8. The average molecular weight is 387 g/mol. The van der Waals surface area contributed by atoms with Crippen LogP contribution in [0.3, 0.4) is 0 Å². The smallest absolute Gasteiger partial charge is 0.257 e. The highest BCUT2D eigenvalue weighted by Crippen LogP contribution is 2.25. The molecule has 0 heterocycles. The summed E-state index contributed by atoms with van der Waals surface area (Å²) in [5.41, 5.74) is 3.56. The summed E-state index contributed by atoms with van der Waals surface area (Å²) in [6.07, 6.45) is 2.07. The summed E-state index contributed by atoms with van der Waals surface area (Å²) in [5, 5.41) is 2.43. The maximum Gasteiger partial charge on any atom is 0.257 e. The lowest BCUT2D eigenvalue weighted by atomic mass is 10.0. The molecule has 4 nitrogen and oxygen atoms in total. The van der Waals surface area contributed by atoms with E-state index < -0.39 is 0 Å². The van der Waals surface area contributed by atoms with Gasteiger partial charge in [0, 0.05) is 12.0 Å². The first kappa shape index (κ1) is 20.3. The van der Waals surface area contributed by atoms with Crippen molar-refractivity contribution in [2.45, 2.75) is 32.8 Å². The molecule has 0 bridgehead atoms. The Morgan fingerprint density at radius 1 is 0.862 bits per heavy atom. The van der Waals surface area contributed by atoms with E-state index in [1.54, 1.807) is 12.1 Å². The first-order valence-electron chi connectivity index (χ1n) is 9.87. The number of ether oxygens (including phenoxy) is 1. The summed E-state index contributed by atoms with van der Waals surface area (Å²) in [6.45, 7) is 2.52. The van der Waals surface area contributed by atoms with Gasteiger partial charge < -0.3 is 4.74 Å². The summed E-state index contributed by atoms with van der Waals surface area (Å²) >= 11 is 0. The van der Waals surface area contributed by atoms with Crippen LogP contribution in [0.5, 0.6) is 5.75 Å². The molecule has 0 atom stereocenters. The van der Waals surface area contributed by atoms with Crippen molar-refractivity contribution in [2.75, 3.05) is 0 Å². The zero-order valence-corrected chi connectivity index (χ0v) is 16.6.